The molecule has 0 saturated carbocycles. The van der Waals surface area contributed by atoms with Crippen molar-refractivity contribution in [2.24, 2.45) is 0 Å². The molecule has 0 radical (unpaired) electrons. The van der Waals surface area contributed by atoms with Gasteiger partial charge < -0.3 is 14.8 Å². The van der Waals surface area contributed by atoms with Gasteiger partial charge in [-0.15, -0.1) is 0 Å². The smallest absolute Gasteiger partial charge is 0.225 e. The minimum atomic E-state index is -0.116. The second-order valence-electron chi connectivity index (χ2n) is 4.07. The monoisotopic (exact) mass is 309 g/mol. The van der Waals surface area contributed by atoms with Crippen LogP contribution in [0, 0.1) is 0 Å². The zero-order chi connectivity index (χ0) is 14.1. The number of benzene rings is 1. The molecular formula is C13H9Cl2N3O2. The Kier molecular flexibility index (Phi) is 3.38. The van der Waals surface area contributed by atoms with Crippen LogP contribution >= 0.6 is 23.2 Å². The summed E-state index contributed by atoms with van der Waals surface area (Å²) >= 11 is 11.7. The summed E-state index contributed by atoms with van der Waals surface area (Å²) in [7, 11) is 0. The number of aromatic hydroxyl groups is 1. The number of halogens is 2. The van der Waals surface area contributed by atoms with E-state index in [1.807, 2.05) is 6.07 Å². The molecule has 3 rings (SSSR count). The Morgan fingerprint density at radius 3 is 2.80 bits per heavy atom. The third-order valence-electron chi connectivity index (χ3n) is 2.78. The molecule has 7 heteroatoms. The van der Waals surface area contributed by atoms with E-state index in [4.69, 9.17) is 27.6 Å². The molecule has 0 saturated heterocycles. The number of rotatable bonds is 3. The highest BCUT2D eigenvalue weighted by Crippen LogP contribution is 2.34. The normalized spacial score (nSPS) is 10.9. The van der Waals surface area contributed by atoms with Crippen molar-refractivity contribution in [1.29, 1.82) is 0 Å². The predicted octanol–water partition coefficient (Wildman–Crippen LogP) is 3.85. The highest BCUT2D eigenvalue weighted by molar-refractivity contribution is 6.33. The summed E-state index contributed by atoms with van der Waals surface area (Å²) in [5, 5.41) is 13.9. The molecule has 0 bridgehead atoms. The summed E-state index contributed by atoms with van der Waals surface area (Å²) in [6.45, 7) is 0.443. The van der Waals surface area contributed by atoms with Gasteiger partial charge in [0.05, 0.1) is 17.8 Å². The molecular weight excluding hydrogens is 301 g/mol. The quantitative estimate of drug-likeness (QED) is 0.719. The lowest BCUT2D eigenvalue weighted by Gasteiger charge is -2.09. The van der Waals surface area contributed by atoms with Crippen molar-refractivity contribution in [2.75, 3.05) is 5.32 Å². The fourth-order valence-corrected chi connectivity index (χ4v) is 2.17. The first-order chi connectivity index (χ1) is 9.65. The average Bonchev–Trinajstić information content (AvgIpc) is 2.94. The van der Waals surface area contributed by atoms with Crippen molar-refractivity contribution in [3.05, 3.63) is 46.6 Å². The van der Waals surface area contributed by atoms with Crippen molar-refractivity contribution in [2.45, 2.75) is 6.54 Å². The number of furan rings is 1. The molecule has 0 atom stereocenters. The van der Waals surface area contributed by atoms with Crippen LogP contribution in [0.5, 0.6) is 5.75 Å². The fourth-order valence-electron chi connectivity index (χ4n) is 1.85. The number of phenols is 1. The van der Waals surface area contributed by atoms with Crippen LogP contribution in [0.1, 0.15) is 5.76 Å². The van der Waals surface area contributed by atoms with Crippen molar-refractivity contribution < 1.29 is 9.52 Å². The molecule has 3 aromatic rings. The van der Waals surface area contributed by atoms with Crippen LogP contribution in [0.15, 0.2) is 34.9 Å². The maximum Gasteiger partial charge on any atom is 0.225 e. The third kappa shape index (κ3) is 2.37. The van der Waals surface area contributed by atoms with Crippen LogP contribution in [0.3, 0.4) is 0 Å². The predicted molar refractivity (Wildman–Crippen MR) is 77.3 cm³/mol. The molecule has 1 aromatic carbocycles. The summed E-state index contributed by atoms with van der Waals surface area (Å²) in [4.78, 5) is 8.12. The lowest BCUT2D eigenvalue weighted by molar-refractivity contribution is 0.480. The van der Waals surface area contributed by atoms with Gasteiger partial charge in [0.1, 0.15) is 17.1 Å². The number of phenolic OH excluding ortho intramolecular Hbond substituents is 1. The lowest BCUT2D eigenvalue weighted by Crippen LogP contribution is -2.02. The van der Waals surface area contributed by atoms with Crippen molar-refractivity contribution in [3.63, 3.8) is 0 Å². The van der Waals surface area contributed by atoms with Crippen molar-refractivity contribution >= 4 is 39.9 Å². The second kappa shape index (κ2) is 5.19. The van der Waals surface area contributed by atoms with Crippen molar-refractivity contribution in [1.82, 2.24) is 9.97 Å². The molecule has 2 aromatic heterocycles. The van der Waals surface area contributed by atoms with Crippen LogP contribution in [-0.4, -0.2) is 15.1 Å². The molecule has 0 unspecified atom stereocenters. The Morgan fingerprint density at radius 2 is 2.05 bits per heavy atom. The fraction of sp³-hybridized carbons (Fsp3) is 0.0769. The number of hydrogen-bond acceptors (Lipinski definition) is 5. The Bertz CT molecular complexity index is 760. The Labute approximate surface area is 124 Å². The number of nitrogens with one attached hydrogen (secondary N) is 1. The van der Waals surface area contributed by atoms with Crippen LogP contribution in [0.2, 0.25) is 10.3 Å². The molecule has 2 N–H and O–H groups in total. The van der Waals surface area contributed by atoms with E-state index >= 15 is 0 Å². The Morgan fingerprint density at radius 1 is 1.20 bits per heavy atom. The van der Waals surface area contributed by atoms with Gasteiger partial charge in [-0.2, -0.15) is 0 Å². The van der Waals surface area contributed by atoms with Gasteiger partial charge >= 0.3 is 0 Å². The topological polar surface area (TPSA) is 71.2 Å². The van der Waals surface area contributed by atoms with Gasteiger partial charge in [-0.25, -0.2) is 9.97 Å². The molecule has 0 amide bonds. The first-order valence-corrected chi connectivity index (χ1v) is 6.51. The summed E-state index contributed by atoms with van der Waals surface area (Å²) in [6.07, 6.45) is 1.59. The van der Waals surface area contributed by atoms with Gasteiger partial charge in [0.25, 0.3) is 0 Å². The second-order valence-corrected chi connectivity index (χ2v) is 4.81. The molecule has 0 aliphatic carbocycles. The first-order valence-electron chi connectivity index (χ1n) is 5.76. The molecule has 5 nitrogen and oxygen atoms in total. The minimum Gasteiger partial charge on any atom is -0.504 e. The zero-order valence-corrected chi connectivity index (χ0v) is 11.6. The van der Waals surface area contributed by atoms with Gasteiger partial charge in [0, 0.05) is 5.39 Å². The van der Waals surface area contributed by atoms with E-state index in [-0.39, 0.29) is 16.1 Å². The molecule has 0 aliphatic rings. The van der Waals surface area contributed by atoms with E-state index in [1.54, 1.807) is 24.5 Å². The molecule has 20 heavy (non-hydrogen) atoms. The number of fused-ring (bicyclic) bond motifs is 1. The summed E-state index contributed by atoms with van der Waals surface area (Å²) in [5.74, 6) is 1.14. The Balaban J connectivity index is 2.03. The largest absolute Gasteiger partial charge is 0.504 e. The van der Waals surface area contributed by atoms with Gasteiger partial charge in [0.15, 0.2) is 5.75 Å². The van der Waals surface area contributed by atoms with E-state index in [9.17, 15) is 5.11 Å². The van der Waals surface area contributed by atoms with Crippen LogP contribution in [-0.2, 0) is 6.54 Å². The Hall–Kier alpha value is -1.98. The van der Waals surface area contributed by atoms with E-state index in [0.29, 0.717) is 23.3 Å². The minimum absolute atomic E-state index is 0.0250. The van der Waals surface area contributed by atoms with E-state index in [1.165, 1.54) is 0 Å². The highest BCUT2D eigenvalue weighted by Gasteiger charge is 2.12. The van der Waals surface area contributed by atoms with Gasteiger partial charge in [0.2, 0.25) is 5.28 Å². The average molecular weight is 310 g/mol. The van der Waals surface area contributed by atoms with E-state index in [0.717, 1.165) is 5.76 Å². The maximum atomic E-state index is 9.93. The SMILES string of the molecule is Oc1c(Cl)ccc2c(NCc3ccco3)nc(Cl)nc12. The molecule has 0 aliphatic heterocycles. The summed E-state index contributed by atoms with van der Waals surface area (Å²) in [5.41, 5.74) is 0.305. The van der Waals surface area contributed by atoms with Gasteiger partial charge in [-0.05, 0) is 35.9 Å². The van der Waals surface area contributed by atoms with Crippen molar-refractivity contribution in [3.8, 4) is 5.75 Å². The van der Waals surface area contributed by atoms with Gasteiger partial charge in [-0.3, -0.25) is 0 Å². The third-order valence-corrected chi connectivity index (χ3v) is 3.25. The maximum absolute atomic E-state index is 9.93. The number of anilines is 1. The molecule has 102 valence electrons. The van der Waals surface area contributed by atoms with Gasteiger partial charge in [-0.1, -0.05) is 11.6 Å². The van der Waals surface area contributed by atoms with Crippen LogP contribution in [0.4, 0.5) is 5.82 Å². The summed E-state index contributed by atoms with van der Waals surface area (Å²) in [6, 6.07) is 6.94. The summed E-state index contributed by atoms with van der Waals surface area (Å²) < 4.78 is 5.23. The van der Waals surface area contributed by atoms with E-state index < -0.39 is 0 Å². The first kappa shape index (κ1) is 13.0. The van der Waals surface area contributed by atoms with E-state index in [2.05, 4.69) is 15.3 Å². The highest BCUT2D eigenvalue weighted by atomic mass is 35.5. The standard InChI is InChI=1S/C13H9Cl2N3O2/c14-9-4-3-8-10(11(9)19)17-13(15)18-12(8)16-6-7-2-1-5-20-7/h1-5,19H,6H2,(H,16,17,18). The molecule has 2 heterocycles. The zero-order valence-electron chi connectivity index (χ0n) is 10.1. The molecule has 0 spiro atoms. The molecule has 0 fully saturated rings. The number of nitrogens with zero attached hydrogens (tertiary/aromatic N) is 2. The number of hydrogen-bond donors (Lipinski definition) is 2. The van der Waals surface area contributed by atoms with Crippen LogP contribution in [0.25, 0.3) is 10.9 Å². The number of aromatic nitrogens is 2. The van der Waals surface area contributed by atoms with Crippen LogP contribution < -0.4 is 5.32 Å². The lowest BCUT2D eigenvalue weighted by atomic mass is 10.2.